The predicted octanol–water partition coefficient (Wildman–Crippen LogP) is 25.9. The maximum atomic E-state index is 6.46. The van der Waals surface area contributed by atoms with Gasteiger partial charge in [0, 0.05) is 0 Å². The first-order chi connectivity index (χ1) is 38.3. The van der Waals surface area contributed by atoms with E-state index >= 15 is 0 Å². The Labute approximate surface area is 486 Å². The minimum atomic E-state index is -0.0267. The minimum absolute atomic E-state index is 0.0267. The normalized spacial score (nSPS) is 12.6. The standard InChI is InChI=1S/C72H146O5/c1-5-9-13-17-21-25-29-33-37-39-43-47-51-55-59-63-67-74-76-71(65-61-57-53-49-45-41-35-31-27-23-19-15-11-7-3)69-73-70-72(66-62-58-54-50-46-42-36-32-28-24-20-16-12-8-4)77-75-68-64-60-56-52-48-44-40-38-34-30-26-22-18-14-10-6-2/h71-72H,5-70H2,1-4H3. The van der Waals surface area contributed by atoms with Gasteiger partial charge in [0.25, 0.3) is 0 Å². The fourth-order valence-corrected chi connectivity index (χ4v) is 11.5. The molecule has 0 rings (SSSR count). The molecule has 0 aliphatic rings. The van der Waals surface area contributed by atoms with Crippen LogP contribution in [0.1, 0.15) is 426 Å². The van der Waals surface area contributed by atoms with Crippen LogP contribution < -0.4 is 0 Å². The molecule has 0 aromatic heterocycles. The summed E-state index contributed by atoms with van der Waals surface area (Å²) < 4.78 is 6.46. The predicted molar refractivity (Wildman–Crippen MR) is 341 cm³/mol. The molecule has 5 nitrogen and oxygen atoms in total. The van der Waals surface area contributed by atoms with Crippen molar-refractivity contribution >= 4 is 0 Å². The van der Waals surface area contributed by atoms with Gasteiger partial charge in [0.05, 0.1) is 26.4 Å². The minimum Gasteiger partial charge on any atom is -0.376 e. The van der Waals surface area contributed by atoms with Crippen molar-refractivity contribution in [2.45, 2.75) is 438 Å². The fraction of sp³-hybridized carbons (Fsp3) is 1.00. The molecule has 2 unspecified atom stereocenters. The molecule has 0 aromatic rings. The van der Waals surface area contributed by atoms with Crippen LogP contribution in [0.2, 0.25) is 0 Å². The lowest BCUT2D eigenvalue weighted by Gasteiger charge is -2.20. The summed E-state index contributed by atoms with van der Waals surface area (Å²) in [4.78, 5) is 24.2. The SMILES string of the molecule is CCCCCCCCCCCCCCCCCCOOC(CCCCCCCCCCCCCCCC)COCC(CCCCCCCCCCCCCCCC)OOCCCCCCCCCCCCCCCCCC. The third-order valence-electron chi connectivity index (χ3n) is 16.9. The van der Waals surface area contributed by atoms with E-state index in [1.807, 2.05) is 0 Å². The van der Waals surface area contributed by atoms with Crippen LogP contribution in [-0.2, 0) is 24.3 Å². The summed E-state index contributed by atoms with van der Waals surface area (Å²) in [5.41, 5.74) is 0. The lowest BCUT2D eigenvalue weighted by atomic mass is 10.0. The molecule has 0 N–H and O–H groups in total. The smallest absolute Gasteiger partial charge is 0.116 e. The van der Waals surface area contributed by atoms with Crippen molar-refractivity contribution in [1.82, 2.24) is 0 Å². The van der Waals surface area contributed by atoms with E-state index < -0.39 is 0 Å². The number of unbranched alkanes of at least 4 members (excludes halogenated alkanes) is 56. The summed E-state index contributed by atoms with van der Waals surface area (Å²) in [6.45, 7) is 11.7. The maximum absolute atomic E-state index is 6.46. The zero-order valence-electron chi connectivity index (χ0n) is 53.9. The lowest BCUT2D eigenvalue weighted by molar-refractivity contribution is -0.343. The molecule has 0 saturated carbocycles. The Kier molecular flexibility index (Phi) is 71.7. The van der Waals surface area contributed by atoms with Gasteiger partial charge in [0.15, 0.2) is 0 Å². The molecule has 0 aliphatic carbocycles. The summed E-state index contributed by atoms with van der Waals surface area (Å²) in [6, 6.07) is 0. The Hall–Kier alpha value is -0.200. The highest BCUT2D eigenvalue weighted by molar-refractivity contribution is 4.62. The molecule has 0 amide bonds. The summed E-state index contributed by atoms with van der Waals surface area (Å²) in [5.74, 6) is 0. The van der Waals surface area contributed by atoms with Crippen LogP contribution in [0.25, 0.3) is 0 Å². The van der Waals surface area contributed by atoms with Crippen molar-refractivity contribution in [2.75, 3.05) is 26.4 Å². The molecule has 0 aromatic carbocycles. The Morgan fingerprint density at radius 3 is 0.519 bits per heavy atom. The second kappa shape index (κ2) is 71.9. The summed E-state index contributed by atoms with van der Waals surface area (Å²) in [6.07, 6.45) is 84.8. The van der Waals surface area contributed by atoms with Gasteiger partial charge in [-0.15, -0.1) is 0 Å². The number of ether oxygens (including phenoxy) is 1. The van der Waals surface area contributed by atoms with Gasteiger partial charge in [0.2, 0.25) is 0 Å². The molecule has 0 heterocycles. The van der Waals surface area contributed by atoms with Crippen molar-refractivity contribution in [3.8, 4) is 0 Å². The average molecular weight is 1090 g/mol. The Bertz CT molecular complexity index is 916. The van der Waals surface area contributed by atoms with Gasteiger partial charge >= 0.3 is 0 Å². The molecule has 2 atom stereocenters. The van der Waals surface area contributed by atoms with E-state index in [9.17, 15) is 0 Å². The van der Waals surface area contributed by atoms with Gasteiger partial charge in [-0.05, 0) is 25.7 Å². The molecular weight excluding hydrogens is 945 g/mol. The topological polar surface area (TPSA) is 46.2 Å². The van der Waals surface area contributed by atoms with E-state index in [2.05, 4.69) is 27.7 Å². The van der Waals surface area contributed by atoms with E-state index in [0.29, 0.717) is 26.4 Å². The molecular formula is C72H146O5. The highest BCUT2D eigenvalue weighted by Crippen LogP contribution is 2.20. The van der Waals surface area contributed by atoms with Crippen LogP contribution in [0.15, 0.2) is 0 Å². The van der Waals surface area contributed by atoms with Crippen LogP contribution in [-0.4, -0.2) is 38.6 Å². The van der Waals surface area contributed by atoms with Crippen molar-refractivity contribution in [3.63, 3.8) is 0 Å². The summed E-state index contributed by atoms with van der Waals surface area (Å²) in [7, 11) is 0. The highest BCUT2D eigenvalue weighted by atomic mass is 17.2. The zero-order chi connectivity index (χ0) is 55.4. The third-order valence-corrected chi connectivity index (χ3v) is 16.9. The van der Waals surface area contributed by atoms with Crippen molar-refractivity contribution in [2.24, 2.45) is 0 Å². The van der Waals surface area contributed by atoms with E-state index in [-0.39, 0.29) is 12.2 Å². The molecule has 464 valence electrons. The molecule has 5 heteroatoms. The number of rotatable bonds is 72. The van der Waals surface area contributed by atoms with Gasteiger partial charge < -0.3 is 4.74 Å². The van der Waals surface area contributed by atoms with Crippen molar-refractivity contribution in [1.29, 1.82) is 0 Å². The summed E-state index contributed by atoms with van der Waals surface area (Å²) in [5, 5.41) is 0. The third kappa shape index (κ3) is 68.2. The first kappa shape index (κ1) is 76.8. The fourth-order valence-electron chi connectivity index (χ4n) is 11.5. The van der Waals surface area contributed by atoms with Gasteiger partial charge in [-0.25, -0.2) is 19.6 Å². The maximum Gasteiger partial charge on any atom is 0.116 e. The van der Waals surface area contributed by atoms with Crippen LogP contribution in [0.3, 0.4) is 0 Å². The number of hydrogen-bond acceptors (Lipinski definition) is 5. The van der Waals surface area contributed by atoms with E-state index in [1.165, 1.54) is 372 Å². The molecule has 0 aliphatic heterocycles. The van der Waals surface area contributed by atoms with Gasteiger partial charge in [-0.1, -0.05) is 400 Å². The van der Waals surface area contributed by atoms with Gasteiger partial charge in [-0.2, -0.15) is 0 Å². The summed E-state index contributed by atoms with van der Waals surface area (Å²) >= 11 is 0. The Balaban J connectivity index is 4.76. The first-order valence-electron chi connectivity index (χ1n) is 36.4. The van der Waals surface area contributed by atoms with Crippen LogP contribution in [0.4, 0.5) is 0 Å². The Morgan fingerprint density at radius 2 is 0.338 bits per heavy atom. The molecule has 0 spiro atoms. The van der Waals surface area contributed by atoms with Crippen molar-refractivity contribution in [3.05, 3.63) is 0 Å². The highest BCUT2D eigenvalue weighted by Gasteiger charge is 2.16. The molecule has 0 radical (unpaired) electrons. The quantitative estimate of drug-likeness (QED) is 0.0345. The largest absolute Gasteiger partial charge is 0.376 e. The zero-order valence-corrected chi connectivity index (χ0v) is 53.9. The van der Waals surface area contributed by atoms with E-state index in [1.54, 1.807) is 0 Å². The average Bonchev–Trinajstić information content (AvgIpc) is 3.44. The van der Waals surface area contributed by atoms with Crippen molar-refractivity contribution < 1.29 is 24.3 Å². The molecule has 77 heavy (non-hydrogen) atoms. The second-order valence-corrected chi connectivity index (χ2v) is 25.0. The van der Waals surface area contributed by atoms with E-state index in [0.717, 1.165) is 25.7 Å². The first-order valence-corrected chi connectivity index (χ1v) is 36.4. The lowest BCUT2D eigenvalue weighted by Crippen LogP contribution is -2.26. The molecule has 0 saturated heterocycles. The molecule has 0 fully saturated rings. The van der Waals surface area contributed by atoms with E-state index in [4.69, 9.17) is 24.3 Å². The van der Waals surface area contributed by atoms with Gasteiger partial charge in [0.1, 0.15) is 12.2 Å². The monoisotopic (exact) mass is 1090 g/mol. The van der Waals surface area contributed by atoms with Crippen LogP contribution >= 0.6 is 0 Å². The Morgan fingerprint density at radius 1 is 0.182 bits per heavy atom. The molecule has 0 bridgehead atoms. The second-order valence-electron chi connectivity index (χ2n) is 25.0. The van der Waals surface area contributed by atoms with Gasteiger partial charge in [-0.3, -0.25) is 0 Å². The van der Waals surface area contributed by atoms with Crippen LogP contribution in [0, 0.1) is 0 Å². The number of hydrogen-bond donors (Lipinski definition) is 0. The van der Waals surface area contributed by atoms with Crippen LogP contribution in [0.5, 0.6) is 0 Å².